The Hall–Kier alpha value is -6.13. The number of carbonyl (C=O) groups is 3. The zero-order valence-corrected chi connectivity index (χ0v) is 24.1. The molecule has 0 amide bonds. The summed E-state index contributed by atoms with van der Waals surface area (Å²) in [5, 5.41) is 5.05. The third kappa shape index (κ3) is 4.19. The summed E-state index contributed by atoms with van der Waals surface area (Å²) < 4.78 is 1.71. The van der Waals surface area contributed by atoms with Crippen molar-refractivity contribution in [1.29, 1.82) is 0 Å². The van der Waals surface area contributed by atoms with Gasteiger partial charge in [0.2, 0.25) is 5.78 Å². The minimum Gasteiger partial charge on any atom is -0.312 e. The predicted molar refractivity (Wildman–Crippen MR) is 180 cm³/mol. The van der Waals surface area contributed by atoms with Gasteiger partial charge in [-0.2, -0.15) is 0 Å². The van der Waals surface area contributed by atoms with Crippen LogP contribution in [-0.4, -0.2) is 21.8 Å². The quantitative estimate of drug-likeness (QED) is 0.185. The zero-order valence-electron chi connectivity index (χ0n) is 24.1. The predicted octanol–water partition coefficient (Wildman–Crippen LogP) is 9.09. The van der Waals surface area contributed by atoms with E-state index in [9.17, 15) is 14.4 Å². The van der Waals surface area contributed by atoms with Crippen molar-refractivity contribution in [3.05, 3.63) is 185 Å². The molecule has 2 aromatic heterocycles. The lowest BCUT2D eigenvalue weighted by molar-refractivity contribution is 0.0993. The van der Waals surface area contributed by atoms with Gasteiger partial charge in [-0.1, -0.05) is 133 Å². The van der Waals surface area contributed by atoms with Crippen molar-refractivity contribution in [2.45, 2.75) is 0 Å². The van der Waals surface area contributed by atoms with E-state index in [2.05, 4.69) is 0 Å². The highest BCUT2D eigenvalue weighted by atomic mass is 16.1. The van der Waals surface area contributed by atoms with Gasteiger partial charge in [0.25, 0.3) is 0 Å². The maximum absolute atomic E-state index is 15.0. The van der Waals surface area contributed by atoms with E-state index in [4.69, 9.17) is 0 Å². The molecule has 4 heteroatoms. The number of pyridine rings is 1. The second-order valence-corrected chi connectivity index (χ2v) is 11.1. The Labute approximate surface area is 258 Å². The number of aromatic nitrogens is 1. The Balaban J connectivity index is 1.47. The van der Waals surface area contributed by atoms with Crippen LogP contribution >= 0.6 is 0 Å². The van der Waals surface area contributed by atoms with Crippen molar-refractivity contribution in [2.75, 3.05) is 0 Å². The van der Waals surface area contributed by atoms with Crippen molar-refractivity contribution in [2.24, 2.45) is 0 Å². The molecule has 0 N–H and O–H groups in total. The summed E-state index contributed by atoms with van der Waals surface area (Å²) in [6.45, 7) is 0. The maximum Gasteiger partial charge on any atom is 0.211 e. The highest BCUT2D eigenvalue weighted by Crippen LogP contribution is 2.34. The fourth-order valence-electron chi connectivity index (χ4n) is 6.55. The molecule has 0 aliphatic heterocycles. The lowest BCUT2D eigenvalue weighted by Gasteiger charge is -2.11. The van der Waals surface area contributed by atoms with Gasteiger partial charge >= 0.3 is 0 Å². The molecule has 8 rings (SSSR count). The Morgan fingerprint density at radius 2 is 0.778 bits per heavy atom. The Morgan fingerprint density at radius 3 is 1.29 bits per heavy atom. The standard InChI is InChI=1S/C41H25NO3/c43-39(32-21-9-15-26-12-1-4-18-29(26)32)36-35-24-7-8-25-42(35)38(41(45)34-23-11-17-28-14-3-6-20-31(28)34)37(36)40(44)33-22-10-16-27-13-2-5-19-30(27)33/h1-25H. The molecule has 0 unspecified atom stereocenters. The molecule has 2 heterocycles. The number of hydrogen-bond acceptors (Lipinski definition) is 3. The van der Waals surface area contributed by atoms with Gasteiger partial charge in [-0.15, -0.1) is 0 Å². The number of benzene rings is 6. The number of nitrogens with zero attached hydrogens (tertiary/aromatic N) is 1. The first kappa shape index (κ1) is 26.5. The van der Waals surface area contributed by atoms with Gasteiger partial charge in [-0.05, 0) is 44.5 Å². The van der Waals surface area contributed by atoms with Gasteiger partial charge in [0.1, 0.15) is 5.69 Å². The van der Waals surface area contributed by atoms with Crippen molar-refractivity contribution in [3.8, 4) is 0 Å². The Morgan fingerprint density at radius 1 is 0.378 bits per heavy atom. The van der Waals surface area contributed by atoms with Crippen LogP contribution in [0.5, 0.6) is 0 Å². The minimum absolute atomic E-state index is 0.105. The van der Waals surface area contributed by atoms with E-state index in [1.54, 1.807) is 34.9 Å². The number of hydrogen-bond donors (Lipinski definition) is 0. The van der Waals surface area contributed by atoms with E-state index in [0.29, 0.717) is 22.2 Å². The third-order valence-electron chi connectivity index (χ3n) is 8.62. The van der Waals surface area contributed by atoms with Gasteiger partial charge in [0.15, 0.2) is 11.6 Å². The number of ketones is 3. The average Bonchev–Trinajstić information content (AvgIpc) is 3.45. The molecule has 0 atom stereocenters. The van der Waals surface area contributed by atoms with Crippen LogP contribution < -0.4 is 0 Å². The molecule has 4 nitrogen and oxygen atoms in total. The van der Waals surface area contributed by atoms with E-state index in [0.717, 1.165) is 32.3 Å². The second-order valence-electron chi connectivity index (χ2n) is 11.1. The fraction of sp³-hybridized carbons (Fsp3) is 0. The monoisotopic (exact) mass is 579 g/mol. The molecule has 0 fully saturated rings. The van der Waals surface area contributed by atoms with Crippen molar-refractivity contribution >= 4 is 55.2 Å². The van der Waals surface area contributed by atoms with Crippen molar-refractivity contribution in [3.63, 3.8) is 0 Å². The van der Waals surface area contributed by atoms with Crippen LogP contribution in [0.2, 0.25) is 0 Å². The van der Waals surface area contributed by atoms with Gasteiger partial charge in [-0.3, -0.25) is 14.4 Å². The summed E-state index contributed by atoms with van der Waals surface area (Å²) in [7, 11) is 0. The average molecular weight is 580 g/mol. The van der Waals surface area contributed by atoms with Gasteiger partial charge in [0.05, 0.1) is 16.6 Å². The SMILES string of the molecule is O=C(c1c(C(=O)c2cccc3ccccc23)c2ccccn2c1C(=O)c1cccc2ccccc12)c1cccc2ccccc12. The van der Waals surface area contributed by atoms with Crippen LogP contribution in [0.15, 0.2) is 152 Å². The molecule has 0 aliphatic carbocycles. The van der Waals surface area contributed by atoms with Crippen LogP contribution in [0.4, 0.5) is 0 Å². The van der Waals surface area contributed by atoms with E-state index in [-0.39, 0.29) is 34.2 Å². The Kier molecular flexibility index (Phi) is 6.21. The topological polar surface area (TPSA) is 55.6 Å². The van der Waals surface area contributed by atoms with Crippen LogP contribution in [0.3, 0.4) is 0 Å². The highest BCUT2D eigenvalue weighted by Gasteiger charge is 2.34. The van der Waals surface area contributed by atoms with Crippen molar-refractivity contribution in [1.82, 2.24) is 4.40 Å². The largest absolute Gasteiger partial charge is 0.312 e. The summed E-state index contributed by atoms with van der Waals surface area (Å²) >= 11 is 0. The smallest absolute Gasteiger partial charge is 0.211 e. The van der Waals surface area contributed by atoms with Crippen LogP contribution in [0, 0.1) is 0 Å². The van der Waals surface area contributed by atoms with E-state index in [1.165, 1.54) is 0 Å². The third-order valence-corrected chi connectivity index (χ3v) is 8.62. The van der Waals surface area contributed by atoms with Crippen molar-refractivity contribution < 1.29 is 14.4 Å². The molecule has 0 saturated carbocycles. The van der Waals surface area contributed by atoms with Crippen LogP contribution in [-0.2, 0) is 0 Å². The van der Waals surface area contributed by atoms with Gasteiger partial charge in [0, 0.05) is 22.9 Å². The van der Waals surface area contributed by atoms with Crippen LogP contribution in [0.1, 0.15) is 47.9 Å². The molecule has 0 bridgehead atoms. The lowest BCUT2D eigenvalue weighted by atomic mass is 9.88. The van der Waals surface area contributed by atoms with Crippen LogP contribution in [0.25, 0.3) is 37.8 Å². The molecule has 8 aromatic rings. The number of rotatable bonds is 6. The molecule has 0 radical (unpaired) electrons. The minimum atomic E-state index is -0.373. The molecule has 6 aromatic carbocycles. The molecule has 45 heavy (non-hydrogen) atoms. The number of carbonyl (C=O) groups excluding carboxylic acids is 3. The Bertz CT molecular complexity index is 2360. The number of fused-ring (bicyclic) bond motifs is 4. The zero-order chi connectivity index (χ0) is 30.5. The summed E-state index contributed by atoms with van der Waals surface area (Å²) in [6, 6.07) is 45.2. The van der Waals surface area contributed by atoms with E-state index < -0.39 is 0 Å². The molecule has 212 valence electrons. The molecule has 0 aliphatic rings. The molecule has 0 saturated heterocycles. The van der Waals surface area contributed by atoms with E-state index >= 15 is 0 Å². The van der Waals surface area contributed by atoms with E-state index in [1.807, 2.05) is 121 Å². The summed E-state index contributed by atoms with van der Waals surface area (Å²) in [6.07, 6.45) is 1.76. The lowest BCUT2D eigenvalue weighted by Crippen LogP contribution is -2.15. The summed E-state index contributed by atoms with van der Waals surface area (Å²) in [4.78, 5) is 44.5. The summed E-state index contributed by atoms with van der Waals surface area (Å²) in [5.41, 5.74) is 2.36. The first-order chi connectivity index (χ1) is 22.1. The second kappa shape index (κ2) is 10.5. The molecular weight excluding hydrogens is 554 g/mol. The first-order valence-electron chi connectivity index (χ1n) is 14.8. The van der Waals surface area contributed by atoms with Gasteiger partial charge < -0.3 is 4.40 Å². The molecular formula is C41H25NO3. The molecule has 0 spiro atoms. The normalized spacial score (nSPS) is 11.4. The maximum atomic E-state index is 15.0. The van der Waals surface area contributed by atoms with Gasteiger partial charge in [-0.25, -0.2) is 0 Å². The first-order valence-corrected chi connectivity index (χ1v) is 14.8. The fourth-order valence-corrected chi connectivity index (χ4v) is 6.55. The summed E-state index contributed by atoms with van der Waals surface area (Å²) in [5.74, 6) is -1.01. The highest BCUT2D eigenvalue weighted by molar-refractivity contribution is 6.32.